The van der Waals surface area contributed by atoms with Crippen molar-refractivity contribution in [2.45, 2.75) is 24.3 Å². The van der Waals surface area contributed by atoms with Crippen molar-refractivity contribution in [3.8, 4) is 0 Å². The summed E-state index contributed by atoms with van der Waals surface area (Å²) >= 11 is 1.75. The van der Waals surface area contributed by atoms with Crippen LogP contribution >= 0.6 is 11.8 Å². The van der Waals surface area contributed by atoms with Gasteiger partial charge in [0.05, 0.1) is 26.9 Å². The molecular weight excluding hydrogens is 534 g/mol. The SMILES string of the molecule is CC(C(=O)O)c1ccc(C[n+]2ccc(/C=C/C=C3\Sc4ccccc4N3C)c3ccccc32)cc1[N+](=O)[O-].[Cl-]. The van der Waals surface area contributed by atoms with Crippen molar-refractivity contribution in [1.29, 1.82) is 0 Å². The number of carboxylic acid groups (broad SMARTS) is 1. The third-order valence-electron chi connectivity index (χ3n) is 6.73. The molecule has 0 radical (unpaired) electrons. The van der Waals surface area contributed by atoms with Crippen molar-refractivity contribution in [3.63, 3.8) is 0 Å². The second-order valence-corrected chi connectivity index (χ2v) is 10.2. The number of hydrogen-bond donors (Lipinski definition) is 1. The molecule has 1 unspecified atom stereocenters. The number of pyridine rings is 1. The summed E-state index contributed by atoms with van der Waals surface area (Å²) in [5.41, 5.74) is 4.01. The Hall–Kier alpha value is -4.14. The van der Waals surface area contributed by atoms with Crippen molar-refractivity contribution in [3.05, 3.63) is 123 Å². The number of halogens is 1. The minimum atomic E-state index is -1.09. The number of rotatable bonds is 7. The van der Waals surface area contributed by atoms with Gasteiger partial charge < -0.3 is 22.4 Å². The zero-order valence-corrected chi connectivity index (χ0v) is 22.9. The summed E-state index contributed by atoms with van der Waals surface area (Å²) in [6, 6.07) is 23.2. The first-order chi connectivity index (χ1) is 18.3. The highest BCUT2D eigenvalue weighted by Crippen LogP contribution is 2.44. The molecule has 7 nitrogen and oxygen atoms in total. The number of aromatic nitrogens is 1. The maximum absolute atomic E-state index is 11.7. The molecule has 1 aliphatic rings. The van der Waals surface area contributed by atoms with Crippen LogP contribution < -0.4 is 21.9 Å². The number of allylic oxidation sites excluding steroid dienone is 2. The molecule has 0 saturated heterocycles. The monoisotopic (exact) mass is 559 g/mol. The quantitative estimate of drug-likeness (QED) is 0.212. The zero-order chi connectivity index (χ0) is 26.8. The molecule has 0 bridgehead atoms. The lowest BCUT2D eigenvalue weighted by molar-refractivity contribution is -0.662. The first-order valence-corrected chi connectivity index (χ1v) is 13.0. The molecule has 0 aliphatic carbocycles. The fourth-order valence-corrected chi connectivity index (χ4v) is 5.70. The number of aliphatic carboxylic acids is 1. The van der Waals surface area contributed by atoms with Gasteiger partial charge in [-0.3, -0.25) is 14.9 Å². The van der Waals surface area contributed by atoms with Crippen LogP contribution in [0.25, 0.3) is 17.0 Å². The molecule has 4 aromatic rings. The molecule has 1 atom stereocenters. The Morgan fingerprint density at radius 2 is 1.87 bits per heavy atom. The molecule has 3 aromatic carbocycles. The zero-order valence-electron chi connectivity index (χ0n) is 21.3. The summed E-state index contributed by atoms with van der Waals surface area (Å²) in [6.07, 6.45) is 8.23. The molecular formula is C30H26ClN3O4S. The van der Waals surface area contributed by atoms with Crippen LogP contribution in [0.3, 0.4) is 0 Å². The first kappa shape index (κ1) is 27.9. The van der Waals surface area contributed by atoms with E-state index in [2.05, 4.69) is 48.4 Å². The fourth-order valence-electron chi connectivity index (χ4n) is 4.63. The molecule has 0 amide bonds. The van der Waals surface area contributed by atoms with Gasteiger partial charge in [0.15, 0.2) is 12.7 Å². The minimum Gasteiger partial charge on any atom is -1.00 e. The molecule has 0 spiro atoms. The highest BCUT2D eigenvalue weighted by Gasteiger charge is 2.25. The van der Waals surface area contributed by atoms with E-state index in [1.165, 1.54) is 23.6 Å². The van der Waals surface area contributed by atoms with Crippen molar-refractivity contribution in [1.82, 2.24) is 0 Å². The van der Waals surface area contributed by atoms with Crippen molar-refractivity contribution >= 4 is 46.1 Å². The van der Waals surface area contributed by atoms with Crippen LogP contribution in [0.5, 0.6) is 0 Å². The predicted octanol–water partition coefficient (Wildman–Crippen LogP) is 3.37. The number of nitro benzene ring substituents is 1. The van der Waals surface area contributed by atoms with E-state index < -0.39 is 16.8 Å². The predicted molar refractivity (Wildman–Crippen MR) is 150 cm³/mol. The second kappa shape index (κ2) is 11.7. The Morgan fingerprint density at radius 3 is 2.62 bits per heavy atom. The van der Waals surface area contributed by atoms with Gasteiger partial charge in [-0.15, -0.1) is 0 Å². The molecule has 2 heterocycles. The number of para-hydroxylation sites is 2. The summed E-state index contributed by atoms with van der Waals surface area (Å²) in [5, 5.41) is 23.2. The molecule has 0 saturated carbocycles. The van der Waals surface area contributed by atoms with E-state index in [-0.39, 0.29) is 23.7 Å². The third-order valence-corrected chi connectivity index (χ3v) is 7.91. The molecule has 0 fully saturated rings. The van der Waals surface area contributed by atoms with E-state index >= 15 is 0 Å². The number of carbonyl (C=O) groups is 1. The van der Waals surface area contributed by atoms with Gasteiger partial charge in [-0.25, -0.2) is 0 Å². The Kier molecular flexibility index (Phi) is 8.38. The van der Waals surface area contributed by atoms with E-state index in [4.69, 9.17) is 0 Å². The molecule has 1 aromatic heterocycles. The van der Waals surface area contributed by atoms with E-state index in [0.717, 1.165) is 27.1 Å². The minimum absolute atomic E-state index is 0. The second-order valence-electron chi connectivity index (χ2n) is 9.12. The number of thioether (sulfide) groups is 1. The van der Waals surface area contributed by atoms with Crippen LogP contribution in [0.2, 0.25) is 0 Å². The van der Waals surface area contributed by atoms with Gasteiger partial charge in [0.1, 0.15) is 0 Å². The Bertz CT molecular complexity index is 1640. The van der Waals surface area contributed by atoms with E-state index in [0.29, 0.717) is 6.54 Å². The van der Waals surface area contributed by atoms with Crippen LogP contribution in [-0.4, -0.2) is 23.0 Å². The smallest absolute Gasteiger partial charge is 0.310 e. The summed E-state index contributed by atoms with van der Waals surface area (Å²) in [5.74, 6) is -2.06. The van der Waals surface area contributed by atoms with Crippen LogP contribution in [0, 0.1) is 10.1 Å². The Morgan fingerprint density at radius 1 is 1.13 bits per heavy atom. The lowest BCUT2D eigenvalue weighted by Crippen LogP contribution is -3.00. The van der Waals surface area contributed by atoms with Crippen molar-refractivity contribution in [2.24, 2.45) is 0 Å². The number of benzene rings is 3. The molecule has 39 heavy (non-hydrogen) atoms. The molecule has 5 rings (SSSR count). The van der Waals surface area contributed by atoms with Gasteiger partial charge in [-0.2, -0.15) is 4.57 Å². The molecule has 9 heteroatoms. The number of nitrogens with zero attached hydrogens (tertiary/aromatic N) is 3. The molecule has 198 valence electrons. The number of carboxylic acids is 1. The van der Waals surface area contributed by atoms with Gasteiger partial charge in [-0.1, -0.05) is 60.3 Å². The maximum atomic E-state index is 11.7. The largest absolute Gasteiger partial charge is 1.00 e. The third kappa shape index (κ3) is 5.67. The number of fused-ring (bicyclic) bond motifs is 2. The topological polar surface area (TPSA) is 87.6 Å². The van der Waals surface area contributed by atoms with Gasteiger partial charge in [0.2, 0.25) is 5.52 Å². The maximum Gasteiger partial charge on any atom is 0.310 e. The number of nitro groups is 1. The average molecular weight is 560 g/mol. The first-order valence-electron chi connectivity index (χ1n) is 12.1. The highest BCUT2D eigenvalue weighted by molar-refractivity contribution is 8.03. The number of hydrogen-bond acceptors (Lipinski definition) is 5. The van der Waals surface area contributed by atoms with Crippen LogP contribution in [-0.2, 0) is 11.3 Å². The normalized spacial score (nSPS) is 14.4. The van der Waals surface area contributed by atoms with Crippen molar-refractivity contribution in [2.75, 3.05) is 11.9 Å². The van der Waals surface area contributed by atoms with E-state index in [1.807, 2.05) is 47.2 Å². The number of anilines is 1. The Labute approximate surface area is 236 Å². The highest BCUT2D eigenvalue weighted by atomic mass is 35.5. The van der Waals surface area contributed by atoms with Crippen molar-refractivity contribution < 1.29 is 31.8 Å². The van der Waals surface area contributed by atoms with Gasteiger partial charge in [0, 0.05) is 41.3 Å². The standard InChI is InChI=1S/C30H25N3O4S.ClH/c1-20(30(34)35)23-15-14-21(18-27(23)33(36)37)19-32-17-16-22(24-9-3-4-10-25(24)32)8-7-13-29-31(2)26-11-5-6-12-28(26)38-29;/h3-18,20H,19H2,1-2H3;1H. The van der Waals surface area contributed by atoms with E-state index in [9.17, 15) is 20.0 Å². The summed E-state index contributed by atoms with van der Waals surface area (Å²) in [4.78, 5) is 26.0. The lowest BCUT2D eigenvalue weighted by atomic mass is 9.97. The van der Waals surface area contributed by atoms with Gasteiger partial charge in [0.25, 0.3) is 5.69 Å². The summed E-state index contributed by atoms with van der Waals surface area (Å²) in [6.45, 7) is 1.87. The van der Waals surface area contributed by atoms with Gasteiger partial charge in [-0.05, 0) is 36.8 Å². The van der Waals surface area contributed by atoms with Crippen LogP contribution in [0.15, 0.2) is 101 Å². The molecule has 1 N–H and O–H groups in total. The molecule has 1 aliphatic heterocycles. The van der Waals surface area contributed by atoms with Crippen LogP contribution in [0.1, 0.15) is 29.5 Å². The Balaban J connectivity index is 0.00000353. The lowest BCUT2D eigenvalue weighted by Gasteiger charge is -2.12. The fraction of sp³-hybridized carbons (Fsp3) is 0.133. The van der Waals surface area contributed by atoms with E-state index in [1.54, 1.807) is 23.9 Å². The van der Waals surface area contributed by atoms with Crippen LogP contribution in [0.4, 0.5) is 11.4 Å². The average Bonchev–Trinajstić information content (AvgIpc) is 3.24. The van der Waals surface area contributed by atoms with Gasteiger partial charge >= 0.3 is 5.97 Å². The summed E-state index contributed by atoms with van der Waals surface area (Å²) < 4.78 is 2.04. The summed E-state index contributed by atoms with van der Waals surface area (Å²) in [7, 11) is 2.07.